The summed E-state index contributed by atoms with van der Waals surface area (Å²) < 4.78 is 11.1. The summed E-state index contributed by atoms with van der Waals surface area (Å²) in [5.41, 5.74) is 3.70. The van der Waals surface area contributed by atoms with Crippen molar-refractivity contribution in [2.45, 2.75) is 39.3 Å². The number of anilines is 1. The van der Waals surface area contributed by atoms with Gasteiger partial charge in [-0.25, -0.2) is 9.97 Å². The van der Waals surface area contributed by atoms with Gasteiger partial charge in [-0.15, -0.1) is 0 Å². The molecule has 0 amide bonds. The Hall–Kier alpha value is -2.34. The lowest BCUT2D eigenvalue weighted by Gasteiger charge is -2.29. The fraction of sp³-hybridized carbons (Fsp3) is 0.524. The number of aromatic nitrogens is 2. The van der Waals surface area contributed by atoms with Crippen molar-refractivity contribution in [2.75, 3.05) is 38.3 Å². The number of methoxy groups -OCH3 is 1. The van der Waals surface area contributed by atoms with Crippen molar-refractivity contribution in [1.29, 1.82) is 0 Å². The largest absolute Gasteiger partial charge is 0.493 e. The van der Waals surface area contributed by atoms with Crippen molar-refractivity contribution in [2.24, 2.45) is 0 Å². The highest BCUT2D eigenvalue weighted by molar-refractivity contribution is 5.43. The summed E-state index contributed by atoms with van der Waals surface area (Å²) >= 11 is 0. The summed E-state index contributed by atoms with van der Waals surface area (Å²) in [5.74, 6) is 2.51. The maximum absolute atomic E-state index is 5.61. The smallest absolute Gasteiger partial charge is 0.225 e. The molecule has 144 valence electrons. The Morgan fingerprint density at radius 2 is 1.96 bits per heavy atom. The van der Waals surface area contributed by atoms with Crippen LogP contribution in [-0.2, 0) is 19.5 Å². The molecule has 2 aromatic rings. The first-order valence-electron chi connectivity index (χ1n) is 9.88. The summed E-state index contributed by atoms with van der Waals surface area (Å²) in [6.07, 6.45) is 5.51. The normalized spacial score (nSPS) is 17.0. The molecule has 0 atom stereocenters. The molecule has 0 unspecified atom stereocenters. The Bertz CT molecular complexity index is 790. The second-order valence-corrected chi connectivity index (χ2v) is 7.21. The Labute approximate surface area is 161 Å². The van der Waals surface area contributed by atoms with Gasteiger partial charge in [-0.2, -0.15) is 0 Å². The molecule has 27 heavy (non-hydrogen) atoms. The zero-order valence-corrected chi connectivity index (χ0v) is 16.3. The molecule has 0 bridgehead atoms. The van der Waals surface area contributed by atoms with Gasteiger partial charge in [0.05, 0.1) is 19.4 Å². The number of fused-ring (bicyclic) bond motifs is 1. The lowest BCUT2D eigenvalue weighted by Crippen LogP contribution is -2.31. The van der Waals surface area contributed by atoms with Crippen LogP contribution in [0, 0.1) is 0 Å². The third kappa shape index (κ3) is 4.00. The molecule has 0 saturated carbocycles. The van der Waals surface area contributed by atoms with Crippen LogP contribution in [0.15, 0.2) is 24.4 Å². The van der Waals surface area contributed by atoms with Crippen LogP contribution in [0.25, 0.3) is 0 Å². The molecular weight excluding hydrogens is 340 g/mol. The fourth-order valence-electron chi connectivity index (χ4n) is 3.91. The number of rotatable bonds is 6. The summed E-state index contributed by atoms with van der Waals surface area (Å²) in [7, 11) is 1.69. The predicted octanol–water partition coefficient (Wildman–Crippen LogP) is 3.04. The first-order chi connectivity index (χ1) is 13.3. The van der Waals surface area contributed by atoms with E-state index in [9.17, 15) is 0 Å². The quantitative estimate of drug-likeness (QED) is 0.781. The van der Waals surface area contributed by atoms with E-state index in [1.807, 2.05) is 19.2 Å². The van der Waals surface area contributed by atoms with Crippen molar-refractivity contribution in [3.8, 4) is 11.5 Å². The minimum Gasteiger partial charge on any atom is -0.493 e. The number of hydrogen-bond donors (Lipinski definition) is 0. The lowest BCUT2D eigenvalue weighted by atomic mass is 10.1. The molecule has 2 aliphatic rings. The van der Waals surface area contributed by atoms with Crippen LogP contribution in [0.3, 0.4) is 0 Å². The first kappa shape index (κ1) is 18.0. The summed E-state index contributed by atoms with van der Waals surface area (Å²) in [6.45, 7) is 7.59. The van der Waals surface area contributed by atoms with E-state index in [1.165, 1.54) is 29.7 Å². The maximum atomic E-state index is 5.61. The van der Waals surface area contributed by atoms with Gasteiger partial charge in [0, 0.05) is 50.9 Å². The fourth-order valence-corrected chi connectivity index (χ4v) is 3.91. The first-order valence-corrected chi connectivity index (χ1v) is 9.88. The van der Waals surface area contributed by atoms with Crippen LogP contribution in [0.4, 0.5) is 5.95 Å². The number of benzene rings is 1. The Kier molecular flexibility index (Phi) is 5.43. The lowest BCUT2D eigenvalue weighted by molar-refractivity contribution is 0.242. The molecule has 2 aliphatic heterocycles. The molecule has 6 nitrogen and oxygen atoms in total. The second-order valence-electron chi connectivity index (χ2n) is 7.21. The van der Waals surface area contributed by atoms with Gasteiger partial charge in [0.1, 0.15) is 0 Å². The average molecular weight is 368 g/mol. The number of nitrogens with zero attached hydrogens (tertiary/aromatic N) is 4. The van der Waals surface area contributed by atoms with E-state index in [0.717, 1.165) is 56.6 Å². The van der Waals surface area contributed by atoms with Crippen LogP contribution in [-0.4, -0.2) is 48.2 Å². The van der Waals surface area contributed by atoms with Gasteiger partial charge in [-0.05, 0) is 37.5 Å². The third-order valence-electron chi connectivity index (χ3n) is 5.32. The van der Waals surface area contributed by atoms with Crippen LogP contribution in [0.1, 0.15) is 36.6 Å². The van der Waals surface area contributed by atoms with Crippen molar-refractivity contribution in [1.82, 2.24) is 14.9 Å². The zero-order valence-electron chi connectivity index (χ0n) is 16.3. The second kappa shape index (κ2) is 8.13. The van der Waals surface area contributed by atoms with Gasteiger partial charge in [0.15, 0.2) is 11.5 Å². The van der Waals surface area contributed by atoms with Gasteiger partial charge in [-0.3, -0.25) is 4.90 Å². The van der Waals surface area contributed by atoms with E-state index in [1.54, 1.807) is 7.11 Å². The molecule has 0 spiro atoms. The van der Waals surface area contributed by atoms with Crippen LogP contribution in [0.5, 0.6) is 11.5 Å². The van der Waals surface area contributed by atoms with Gasteiger partial charge in [0.2, 0.25) is 5.95 Å². The molecule has 6 heteroatoms. The number of ether oxygens (including phenoxy) is 2. The van der Waals surface area contributed by atoms with Crippen molar-refractivity contribution >= 4 is 5.95 Å². The molecule has 0 N–H and O–H groups in total. The molecule has 3 heterocycles. The molecule has 0 aliphatic carbocycles. The molecule has 4 rings (SSSR count). The van der Waals surface area contributed by atoms with E-state index in [-0.39, 0.29) is 0 Å². The van der Waals surface area contributed by atoms with Crippen LogP contribution in [0.2, 0.25) is 0 Å². The average Bonchev–Trinajstić information content (AvgIpc) is 3.24. The Morgan fingerprint density at radius 3 is 2.74 bits per heavy atom. The predicted molar refractivity (Wildman–Crippen MR) is 105 cm³/mol. The Morgan fingerprint density at radius 1 is 1.11 bits per heavy atom. The highest BCUT2D eigenvalue weighted by atomic mass is 16.5. The van der Waals surface area contributed by atoms with Crippen molar-refractivity contribution in [3.63, 3.8) is 0 Å². The molecule has 1 fully saturated rings. The standard InChI is InChI=1S/C21H28N4O2/c1-3-27-19-7-6-16(12-20(19)26-2)14-24-11-8-18-17(15-24)13-22-21(23-18)25-9-4-5-10-25/h6-7,12-13H,3-5,8-11,14-15H2,1-2H3. The van der Waals surface area contributed by atoms with E-state index in [0.29, 0.717) is 6.61 Å². The number of hydrogen-bond acceptors (Lipinski definition) is 6. The molecule has 1 aromatic carbocycles. The minimum atomic E-state index is 0.637. The highest BCUT2D eigenvalue weighted by Gasteiger charge is 2.21. The Balaban J connectivity index is 1.44. The van der Waals surface area contributed by atoms with Crippen molar-refractivity contribution < 1.29 is 9.47 Å². The van der Waals surface area contributed by atoms with Crippen LogP contribution < -0.4 is 14.4 Å². The van der Waals surface area contributed by atoms with Crippen LogP contribution >= 0.6 is 0 Å². The van der Waals surface area contributed by atoms with E-state index in [4.69, 9.17) is 14.5 Å². The SMILES string of the molecule is CCOc1ccc(CN2CCc3nc(N4CCCC4)ncc3C2)cc1OC. The summed E-state index contributed by atoms with van der Waals surface area (Å²) in [5, 5.41) is 0. The van der Waals surface area contributed by atoms with Crippen molar-refractivity contribution in [3.05, 3.63) is 41.2 Å². The third-order valence-corrected chi connectivity index (χ3v) is 5.32. The van der Waals surface area contributed by atoms with E-state index in [2.05, 4.69) is 26.9 Å². The highest BCUT2D eigenvalue weighted by Crippen LogP contribution is 2.29. The zero-order chi connectivity index (χ0) is 18.6. The molecule has 1 aromatic heterocycles. The maximum Gasteiger partial charge on any atom is 0.225 e. The van der Waals surface area contributed by atoms with Gasteiger partial charge in [-0.1, -0.05) is 6.07 Å². The van der Waals surface area contributed by atoms with Gasteiger partial charge >= 0.3 is 0 Å². The molecular formula is C21H28N4O2. The monoisotopic (exact) mass is 368 g/mol. The van der Waals surface area contributed by atoms with E-state index >= 15 is 0 Å². The van der Waals surface area contributed by atoms with E-state index < -0.39 is 0 Å². The summed E-state index contributed by atoms with van der Waals surface area (Å²) in [6, 6.07) is 6.20. The molecule has 1 saturated heterocycles. The molecule has 0 radical (unpaired) electrons. The minimum absolute atomic E-state index is 0.637. The topological polar surface area (TPSA) is 50.7 Å². The summed E-state index contributed by atoms with van der Waals surface area (Å²) in [4.78, 5) is 14.2. The van der Waals surface area contributed by atoms with Gasteiger partial charge in [0.25, 0.3) is 0 Å². The van der Waals surface area contributed by atoms with Gasteiger partial charge < -0.3 is 14.4 Å².